The van der Waals surface area contributed by atoms with Gasteiger partial charge >= 0.3 is 12.1 Å². The van der Waals surface area contributed by atoms with Gasteiger partial charge < -0.3 is 20.5 Å². The number of carbonyl (C=O) groups excluding carboxylic acids is 2. The zero-order chi connectivity index (χ0) is 24.5. The summed E-state index contributed by atoms with van der Waals surface area (Å²) in [6.07, 6.45) is 1.07. The van der Waals surface area contributed by atoms with E-state index < -0.39 is 12.1 Å². The van der Waals surface area contributed by atoms with Gasteiger partial charge in [0.2, 0.25) is 5.91 Å². The second-order valence-corrected chi connectivity index (χ2v) is 9.12. The Kier molecular flexibility index (Phi) is 9.08. The summed E-state index contributed by atoms with van der Waals surface area (Å²) in [6, 6.07) is 16.4. The molecule has 0 saturated carbocycles. The van der Waals surface area contributed by atoms with Crippen molar-refractivity contribution in [3.8, 4) is 11.1 Å². The molecule has 0 spiro atoms. The third kappa shape index (κ3) is 6.83. The topological polar surface area (TPSA) is 105 Å². The lowest BCUT2D eigenvalue weighted by Gasteiger charge is -2.21. The Labute approximate surface area is 200 Å². The van der Waals surface area contributed by atoms with Gasteiger partial charge in [-0.1, -0.05) is 62.4 Å². The van der Waals surface area contributed by atoms with Crippen molar-refractivity contribution in [2.24, 2.45) is 11.8 Å². The molecule has 0 aromatic heterocycles. The van der Waals surface area contributed by atoms with Crippen LogP contribution < -0.4 is 10.6 Å². The molecule has 1 aliphatic rings. The quantitative estimate of drug-likeness (QED) is 0.398. The molecule has 0 aliphatic heterocycles. The van der Waals surface area contributed by atoms with Crippen LogP contribution in [0.25, 0.3) is 11.1 Å². The van der Waals surface area contributed by atoms with Crippen molar-refractivity contribution in [1.29, 1.82) is 0 Å². The molecule has 182 valence electrons. The van der Waals surface area contributed by atoms with E-state index in [1.165, 1.54) is 11.1 Å². The third-order valence-corrected chi connectivity index (χ3v) is 6.38. The van der Waals surface area contributed by atoms with Gasteiger partial charge in [-0.2, -0.15) is 0 Å². The van der Waals surface area contributed by atoms with Crippen LogP contribution in [-0.4, -0.2) is 42.8 Å². The Balaban J connectivity index is 1.45. The van der Waals surface area contributed by atoms with E-state index in [9.17, 15) is 14.4 Å². The Morgan fingerprint density at radius 2 is 1.56 bits per heavy atom. The fourth-order valence-electron chi connectivity index (χ4n) is 4.35. The first kappa shape index (κ1) is 25.3. The number of fused-ring (bicyclic) bond motifs is 3. The van der Waals surface area contributed by atoms with Gasteiger partial charge in [0.1, 0.15) is 6.61 Å². The van der Waals surface area contributed by atoms with Crippen LogP contribution in [0.3, 0.4) is 0 Å². The molecule has 7 heteroatoms. The lowest BCUT2D eigenvalue weighted by molar-refractivity contribution is -0.137. The standard InChI is InChI=1S/C27H34N2O5/c1-18(2)19(15-25(30)28-14-8-7-13-26(31)32)16-29-27(33)34-17-24-22-11-5-3-9-20(22)21-10-4-6-12-23(21)24/h3-6,9-12,18-19,24H,7-8,13-17H2,1-2H3,(H,28,30)(H,29,33)(H,31,32). The minimum atomic E-state index is -0.828. The SMILES string of the molecule is CC(C)C(CNC(=O)OCC1c2ccccc2-c2ccccc21)CC(=O)NCCCCC(=O)O. The summed E-state index contributed by atoms with van der Waals surface area (Å²) in [5.41, 5.74) is 4.69. The molecule has 2 aromatic rings. The summed E-state index contributed by atoms with van der Waals surface area (Å²) in [5.74, 6) is -0.744. The lowest BCUT2D eigenvalue weighted by atomic mass is 9.92. The Hall–Kier alpha value is -3.35. The summed E-state index contributed by atoms with van der Waals surface area (Å²) in [5, 5.41) is 14.3. The largest absolute Gasteiger partial charge is 0.481 e. The monoisotopic (exact) mass is 466 g/mol. The molecule has 0 bridgehead atoms. The molecule has 0 saturated heterocycles. The molecular weight excluding hydrogens is 432 g/mol. The molecule has 1 aliphatic carbocycles. The van der Waals surface area contributed by atoms with Crippen LogP contribution in [0.5, 0.6) is 0 Å². The van der Waals surface area contributed by atoms with Crippen molar-refractivity contribution in [1.82, 2.24) is 10.6 Å². The molecule has 1 atom stereocenters. The number of aliphatic carboxylic acids is 1. The van der Waals surface area contributed by atoms with E-state index in [-0.39, 0.29) is 36.7 Å². The number of carbonyl (C=O) groups is 3. The molecule has 3 N–H and O–H groups in total. The fraction of sp³-hybridized carbons (Fsp3) is 0.444. The van der Waals surface area contributed by atoms with Crippen LogP contribution >= 0.6 is 0 Å². The molecule has 7 nitrogen and oxygen atoms in total. The molecule has 2 amide bonds. The highest BCUT2D eigenvalue weighted by atomic mass is 16.5. The van der Waals surface area contributed by atoms with Crippen LogP contribution in [0.1, 0.15) is 56.6 Å². The van der Waals surface area contributed by atoms with Crippen molar-refractivity contribution in [2.75, 3.05) is 19.7 Å². The normalized spacial score (nSPS) is 13.1. The van der Waals surface area contributed by atoms with Crippen molar-refractivity contribution in [3.63, 3.8) is 0 Å². The van der Waals surface area contributed by atoms with Crippen LogP contribution in [-0.2, 0) is 14.3 Å². The lowest BCUT2D eigenvalue weighted by Crippen LogP contribution is -2.36. The average molecular weight is 467 g/mol. The van der Waals surface area contributed by atoms with Crippen LogP contribution in [0, 0.1) is 11.8 Å². The zero-order valence-corrected chi connectivity index (χ0v) is 19.9. The number of benzene rings is 2. The number of hydrogen-bond acceptors (Lipinski definition) is 4. The first-order valence-electron chi connectivity index (χ1n) is 11.9. The molecule has 0 fully saturated rings. The van der Waals surface area contributed by atoms with Crippen molar-refractivity contribution < 1.29 is 24.2 Å². The molecular formula is C27H34N2O5. The van der Waals surface area contributed by atoms with Crippen LogP contribution in [0.4, 0.5) is 4.79 Å². The molecule has 0 heterocycles. The van der Waals surface area contributed by atoms with E-state index in [0.29, 0.717) is 32.4 Å². The predicted octanol–water partition coefficient (Wildman–Crippen LogP) is 4.56. The highest BCUT2D eigenvalue weighted by Gasteiger charge is 2.29. The van der Waals surface area contributed by atoms with E-state index in [4.69, 9.17) is 9.84 Å². The van der Waals surface area contributed by atoms with Gasteiger partial charge in [0.05, 0.1) is 0 Å². The van der Waals surface area contributed by atoms with Crippen molar-refractivity contribution in [3.05, 3.63) is 59.7 Å². The number of nitrogens with one attached hydrogen (secondary N) is 2. The van der Waals surface area contributed by atoms with Gasteiger partial charge in [-0.25, -0.2) is 4.79 Å². The Bertz CT molecular complexity index is 959. The molecule has 1 unspecified atom stereocenters. The van der Waals surface area contributed by atoms with Gasteiger partial charge in [0, 0.05) is 31.8 Å². The number of unbranched alkanes of at least 4 members (excludes halogenated alkanes) is 1. The van der Waals surface area contributed by atoms with Gasteiger partial charge in [-0.15, -0.1) is 0 Å². The summed E-state index contributed by atoms with van der Waals surface area (Å²) in [7, 11) is 0. The van der Waals surface area contributed by atoms with Gasteiger partial charge in [-0.05, 0) is 46.9 Å². The number of carboxylic acids is 1. The maximum atomic E-state index is 12.5. The summed E-state index contributed by atoms with van der Waals surface area (Å²) in [6.45, 7) is 5.09. The third-order valence-electron chi connectivity index (χ3n) is 6.38. The smallest absolute Gasteiger partial charge is 0.407 e. The number of carboxylic acid groups (broad SMARTS) is 1. The van der Waals surface area contributed by atoms with Crippen molar-refractivity contribution >= 4 is 18.0 Å². The van der Waals surface area contributed by atoms with Crippen molar-refractivity contribution in [2.45, 2.75) is 45.4 Å². The van der Waals surface area contributed by atoms with E-state index in [0.717, 1.165) is 11.1 Å². The second-order valence-electron chi connectivity index (χ2n) is 9.12. The first-order valence-corrected chi connectivity index (χ1v) is 11.9. The Morgan fingerprint density at radius 1 is 0.941 bits per heavy atom. The minimum Gasteiger partial charge on any atom is -0.481 e. The van der Waals surface area contributed by atoms with Gasteiger partial charge in [-0.3, -0.25) is 9.59 Å². The number of hydrogen-bond donors (Lipinski definition) is 3. The molecule has 0 radical (unpaired) electrons. The second kappa shape index (κ2) is 12.2. The van der Waals surface area contributed by atoms with Gasteiger partial charge in [0.15, 0.2) is 0 Å². The molecule has 34 heavy (non-hydrogen) atoms. The van der Waals surface area contributed by atoms with E-state index in [2.05, 4.69) is 34.9 Å². The molecule has 2 aromatic carbocycles. The maximum Gasteiger partial charge on any atom is 0.407 e. The summed E-state index contributed by atoms with van der Waals surface area (Å²) >= 11 is 0. The molecule has 3 rings (SSSR count). The van der Waals surface area contributed by atoms with Crippen LogP contribution in [0.2, 0.25) is 0 Å². The van der Waals surface area contributed by atoms with E-state index >= 15 is 0 Å². The highest BCUT2D eigenvalue weighted by molar-refractivity contribution is 5.79. The van der Waals surface area contributed by atoms with Crippen LogP contribution in [0.15, 0.2) is 48.5 Å². The van der Waals surface area contributed by atoms with Gasteiger partial charge in [0.25, 0.3) is 0 Å². The number of alkyl carbamates (subject to hydrolysis) is 1. The minimum absolute atomic E-state index is 0.00551. The average Bonchev–Trinajstić information content (AvgIpc) is 3.13. The Morgan fingerprint density at radius 3 is 2.15 bits per heavy atom. The fourth-order valence-corrected chi connectivity index (χ4v) is 4.35. The number of ether oxygens (including phenoxy) is 1. The number of rotatable bonds is 12. The van der Waals surface area contributed by atoms with E-state index in [1.807, 2.05) is 38.1 Å². The first-order chi connectivity index (χ1) is 16.4. The summed E-state index contributed by atoms with van der Waals surface area (Å²) in [4.78, 5) is 35.3. The maximum absolute atomic E-state index is 12.5. The number of amides is 2. The predicted molar refractivity (Wildman–Crippen MR) is 131 cm³/mol. The summed E-state index contributed by atoms with van der Waals surface area (Å²) < 4.78 is 5.59. The highest BCUT2D eigenvalue weighted by Crippen LogP contribution is 2.44. The van der Waals surface area contributed by atoms with E-state index in [1.54, 1.807) is 0 Å². The zero-order valence-electron chi connectivity index (χ0n) is 19.9.